The van der Waals surface area contributed by atoms with Crippen LogP contribution in [0.4, 0.5) is 0 Å². The van der Waals surface area contributed by atoms with E-state index >= 15 is 0 Å². The number of aliphatic hydroxyl groups is 1. The van der Waals surface area contributed by atoms with Gasteiger partial charge in [0, 0.05) is 30.6 Å². The van der Waals surface area contributed by atoms with Gasteiger partial charge >= 0.3 is 11.9 Å². The van der Waals surface area contributed by atoms with Crippen LogP contribution in [-0.2, 0) is 23.9 Å². The van der Waals surface area contributed by atoms with Gasteiger partial charge in [-0.1, -0.05) is 67.4 Å². The summed E-state index contributed by atoms with van der Waals surface area (Å²) in [4.78, 5) is 40.8. The van der Waals surface area contributed by atoms with Gasteiger partial charge in [-0.3, -0.25) is 9.59 Å². The second-order valence-corrected chi connectivity index (χ2v) is 14.5. The van der Waals surface area contributed by atoms with Crippen LogP contribution in [-0.4, -0.2) is 34.5 Å². The molecule has 1 saturated heterocycles. The number of carbonyl (C=O) groups excluding carboxylic acids is 3. The molecular formula is C36H48O6. The number of Topliss-reactive ketones (excluding diaryl/α,β-unsaturated/α-hetero) is 1. The van der Waals surface area contributed by atoms with Crippen molar-refractivity contribution in [3.63, 3.8) is 0 Å². The van der Waals surface area contributed by atoms with Crippen LogP contribution >= 0.6 is 0 Å². The molecule has 1 N–H and O–H groups in total. The van der Waals surface area contributed by atoms with Crippen LogP contribution in [0.5, 0.6) is 0 Å². The van der Waals surface area contributed by atoms with Gasteiger partial charge in [0.15, 0.2) is 5.60 Å². The van der Waals surface area contributed by atoms with Crippen LogP contribution < -0.4 is 0 Å². The Morgan fingerprint density at radius 2 is 1.71 bits per heavy atom. The lowest BCUT2D eigenvalue weighted by molar-refractivity contribution is -0.162. The van der Waals surface area contributed by atoms with E-state index in [0.29, 0.717) is 6.42 Å². The molecule has 0 aromatic heterocycles. The van der Waals surface area contributed by atoms with E-state index < -0.39 is 28.2 Å². The zero-order chi connectivity index (χ0) is 30.9. The Bertz CT molecular complexity index is 1370. The molecule has 4 aliphatic carbocycles. The Labute approximate surface area is 251 Å². The number of carbonyl (C=O) groups is 3. The quantitative estimate of drug-likeness (QED) is 0.197. The lowest BCUT2D eigenvalue weighted by atomic mass is 9.49. The fourth-order valence-corrected chi connectivity index (χ4v) is 9.60. The monoisotopic (exact) mass is 576 g/mol. The molecule has 5 rings (SSSR count). The molecule has 0 aromatic rings. The molecule has 9 atom stereocenters. The van der Waals surface area contributed by atoms with Crippen LogP contribution in [0.15, 0.2) is 57.9 Å². The fraction of sp³-hybridized carbons (Fsp3) is 0.639. The van der Waals surface area contributed by atoms with Gasteiger partial charge in [-0.2, -0.15) is 0 Å². The predicted molar refractivity (Wildman–Crippen MR) is 162 cm³/mol. The molecule has 1 aliphatic heterocycles. The summed E-state index contributed by atoms with van der Waals surface area (Å²) in [5, 5.41) is 12.5. The summed E-state index contributed by atoms with van der Waals surface area (Å²) in [5.41, 5.74) is 0.982. The Hall–Kier alpha value is -2.89. The summed E-state index contributed by atoms with van der Waals surface area (Å²) in [6.45, 7) is 18.0. The van der Waals surface area contributed by atoms with Gasteiger partial charge in [-0.25, -0.2) is 4.79 Å². The summed E-state index contributed by atoms with van der Waals surface area (Å²) in [6.07, 6.45) is 11.9. The number of allylic oxidation sites excluding steroid dienone is 6. The minimum atomic E-state index is -1.42. The molecule has 1 spiro atoms. The van der Waals surface area contributed by atoms with Crippen molar-refractivity contribution in [3.05, 3.63) is 57.9 Å². The maximum Gasteiger partial charge on any atom is 0.346 e. The van der Waals surface area contributed by atoms with E-state index in [1.54, 1.807) is 0 Å². The van der Waals surface area contributed by atoms with Gasteiger partial charge in [-0.05, 0) is 78.1 Å². The third-order valence-electron chi connectivity index (χ3n) is 11.5. The highest BCUT2D eigenvalue weighted by molar-refractivity contribution is 6.26. The van der Waals surface area contributed by atoms with Crippen LogP contribution in [0.25, 0.3) is 0 Å². The number of esters is 2. The van der Waals surface area contributed by atoms with E-state index in [1.165, 1.54) is 6.92 Å². The largest absolute Gasteiger partial charge is 0.511 e. The molecule has 0 amide bonds. The molecule has 5 aliphatic rings. The molecule has 6 nitrogen and oxygen atoms in total. The molecule has 2 fully saturated rings. The minimum absolute atomic E-state index is 0.0417. The molecular weight excluding hydrogens is 528 g/mol. The van der Waals surface area contributed by atoms with Gasteiger partial charge in [0.1, 0.15) is 17.4 Å². The van der Waals surface area contributed by atoms with E-state index in [2.05, 4.69) is 65.8 Å². The van der Waals surface area contributed by atoms with Crippen LogP contribution in [0, 0.1) is 40.4 Å². The molecule has 6 heteroatoms. The first kappa shape index (κ1) is 30.6. The van der Waals surface area contributed by atoms with Crippen LogP contribution in [0.2, 0.25) is 0 Å². The van der Waals surface area contributed by atoms with Gasteiger partial charge < -0.3 is 14.6 Å². The highest BCUT2D eigenvalue weighted by Crippen LogP contribution is 2.62. The molecule has 1 saturated carbocycles. The lowest BCUT2D eigenvalue weighted by Gasteiger charge is -2.56. The Kier molecular flexibility index (Phi) is 7.55. The number of ether oxygens (including phenoxy) is 2. The van der Waals surface area contributed by atoms with Crippen molar-refractivity contribution in [2.45, 2.75) is 106 Å². The van der Waals surface area contributed by atoms with Crippen molar-refractivity contribution in [2.24, 2.45) is 40.4 Å². The minimum Gasteiger partial charge on any atom is -0.511 e. The molecule has 0 aromatic carbocycles. The number of ketones is 1. The van der Waals surface area contributed by atoms with E-state index in [9.17, 15) is 19.5 Å². The lowest BCUT2D eigenvalue weighted by Crippen LogP contribution is -2.54. The number of hydrogen-bond acceptors (Lipinski definition) is 6. The second-order valence-electron chi connectivity index (χ2n) is 14.5. The normalized spacial score (nSPS) is 46.4. The van der Waals surface area contributed by atoms with Crippen molar-refractivity contribution in [1.29, 1.82) is 0 Å². The number of hydrogen-bond donors (Lipinski definition) is 1. The Balaban J connectivity index is 1.80. The molecule has 0 radical (unpaired) electrons. The average Bonchev–Trinajstić information content (AvgIpc) is 3.13. The van der Waals surface area contributed by atoms with E-state index in [1.807, 2.05) is 13.8 Å². The first-order valence-electron chi connectivity index (χ1n) is 15.7. The standard InChI is InChI=1S/C36H48O6/c1-19-11-10-12-20(2)29-22(4)15-26-27(41-25(7)37)14-13-21(3)30(26)35(29,9)31(38)28-32(39)36(42-33(28)40)18-24(6)23(5)17-34(36,8)16-19/h12,15-17,21,24,26-27,29-30,38H,10-11,13-14,18H2,1-9H3/b19-16+,20-12+,31-28-. The molecule has 2 bridgehead atoms. The van der Waals surface area contributed by atoms with Gasteiger partial charge in [-0.15, -0.1) is 0 Å². The summed E-state index contributed by atoms with van der Waals surface area (Å²) < 4.78 is 12.1. The topological polar surface area (TPSA) is 89.9 Å². The highest BCUT2D eigenvalue weighted by Gasteiger charge is 2.66. The number of aliphatic hydroxyl groups excluding tert-OH is 1. The van der Waals surface area contributed by atoms with Crippen LogP contribution in [0.3, 0.4) is 0 Å². The third-order valence-corrected chi connectivity index (χ3v) is 11.5. The van der Waals surface area contributed by atoms with Crippen molar-refractivity contribution in [1.82, 2.24) is 0 Å². The fourth-order valence-electron chi connectivity index (χ4n) is 9.60. The summed E-state index contributed by atoms with van der Waals surface area (Å²) in [6, 6.07) is 0. The predicted octanol–water partition coefficient (Wildman–Crippen LogP) is 7.52. The summed E-state index contributed by atoms with van der Waals surface area (Å²) >= 11 is 0. The first-order chi connectivity index (χ1) is 19.6. The van der Waals surface area contributed by atoms with E-state index in [-0.39, 0.29) is 53.0 Å². The zero-order valence-corrected chi connectivity index (χ0v) is 26.8. The maximum absolute atomic E-state index is 14.8. The number of rotatable bonds is 1. The molecule has 228 valence electrons. The number of fused-ring (bicyclic) bond motifs is 4. The average molecular weight is 577 g/mol. The van der Waals surface area contributed by atoms with Gasteiger partial charge in [0.05, 0.1) is 5.41 Å². The third kappa shape index (κ3) is 4.38. The SMILES string of the molecule is CC(=O)OC1CCC(C)C2C1C=C(C)C1/C(C)=C/CC/C(C)=C/C3(C)C=C(C)C(C)CC34OC(=O)/C(=C(\O)C12C)C4=O. The zero-order valence-electron chi connectivity index (χ0n) is 26.8. The van der Waals surface area contributed by atoms with Crippen molar-refractivity contribution in [3.8, 4) is 0 Å². The highest BCUT2D eigenvalue weighted by atomic mass is 16.6. The smallest absolute Gasteiger partial charge is 0.346 e. The molecule has 42 heavy (non-hydrogen) atoms. The molecule has 9 unspecified atom stereocenters. The second kappa shape index (κ2) is 10.4. The van der Waals surface area contributed by atoms with Crippen molar-refractivity contribution < 1.29 is 29.0 Å². The van der Waals surface area contributed by atoms with Gasteiger partial charge in [0.2, 0.25) is 5.78 Å². The van der Waals surface area contributed by atoms with Crippen LogP contribution in [0.1, 0.15) is 94.4 Å². The van der Waals surface area contributed by atoms with Crippen molar-refractivity contribution >= 4 is 17.7 Å². The summed E-state index contributed by atoms with van der Waals surface area (Å²) in [7, 11) is 0. The van der Waals surface area contributed by atoms with E-state index in [0.717, 1.165) is 48.0 Å². The maximum atomic E-state index is 14.8. The first-order valence-corrected chi connectivity index (χ1v) is 15.7. The van der Waals surface area contributed by atoms with Gasteiger partial charge in [0.25, 0.3) is 0 Å². The molecule has 1 heterocycles. The van der Waals surface area contributed by atoms with E-state index in [4.69, 9.17) is 9.47 Å². The Morgan fingerprint density at radius 3 is 2.38 bits per heavy atom. The van der Waals surface area contributed by atoms with Crippen molar-refractivity contribution in [2.75, 3.05) is 0 Å². The summed E-state index contributed by atoms with van der Waals surface area (Å²) in [5.74, 6) is -2.01. The Morgan fingerprint density at radius 1 is 1.02 bits per heavy atom.